The van der Waals surface area contributed by atoms with Gasteiger partial charge in [-0.2, -0.15) is 0 Å². The molecule has 0 aliphatic carbocycles. The van der Waals surface area contributed by atoms with Crippen molar-refractivity contribution in [2.45, 2.75) is 32.7 Å². The molecule has 9 heavy (non-hydrogen) atoms. The highest BCUT2D eigenvalue weighted by Gasteiger charge is 2.31. The molecule has 1 atom stereocenters. The van der Waals surface area contributed by atoms with E-state index < -0.39 is 0 Å². The second-order valence-corrected chi connectivity index (χ2v) is 2.70. The fourth-order valence-corrected chi connectivity index (χ4v) is 0.880. The van der Waals surface area contributed by atoms with Gasteiger partial charge in [-0.15, -0.1) is 0 Å². The van der Waals surface area contributed by atoms with Crippen LogP contribution in [0.1, 0.15) is 20.8 Å². The maximum atomic E-state index is 5.42. The maximum absolute atomic E-state index is 5.42. The Labute approximate surface area is 56.2 Å². The summed E-state index contributed by atoms with van der Waals surface area (Å²) in [6.45, 7) is 6.53. The molecule has 0 spiro atoms. The Bertz CT molecular complexity index is 99.1. The molecule has 53 valence electrons. The number of hydrogen-bond acceptors (Lipinski definition) is 2. The minimum atomic E-state index is -0.364. The molecule has 1 fully saturated rings. The van der Waals surface area contributed by atoms with Gasteiger partial charge < -0.3 is 9.47 Å². The van der Waals surface area contributed by atoms with Crippen molar-refractivity contribution in [3.8, 4) is 0 Å². The van der Waals surface area contributed by atoms with Gasteiger partial charge in [0, 0.05) is 0 Å². The highest BCUT2D eigenvalue weighted by atomic mass is 16.7. The highest BCUT2D eigenvalue weighted by molar-refractivity contribution is 4.79. The monoisotopic (exact) mass is 129 g/mol. The van der Waals surface area contributed by atoms with Gasteiger partial charge in [0.25, 0.3) is 0 Å². The van der Waals surface area contributed by atoms with Gasteiger partial charge in [0.1, 0.15) is 0 Å². The molecule has 0 aromatic carbocycles. The summed E-state index contributed by atoms with van der Waals surface area (Å²) in [5, 5.41) is 0. The summed E-state index contributed by atoms with van der Waals surface area (Å²) in [4.78, 5) is 0. The van der Waals surface area contributed by atoms with E-state index in [9.17, 15) is 0 Å². The maximum Gasteiger partial charge on any atom is 0.163 e. The van der Waals surface area contributed by atoms with E-state index in [1.165, 1.54) is 0 Å². The molecule has 1 heterocycles. The first kappa shape index (κ1) is 7.03. The molecule has 1 saturated heterocycles. The molecular formula is C7H13O2. The van der Waals surface area contributed by atoms with Gasteiger partial charge in [0.2, 0.25) is 0 Å². The number of hydrogen-bond donors (Lipinski definition) is 0. The van der Waals surface area contributed by atoms with Gasteiger partial charge in [-0.05, 0) is 20.3 Å². The quantitative estimate of drug-likeness (QED) is 0.532. The third-order valence-electron chi connectivity index (χ3n) is 1.40. The minimum Gasteiger partial charge on any atom is -0.348 e. The Morgan fingerprint density at radius 2 is 2.22 bits per heavy atom. The average molecular weight is 129 g/mol. The molecule has 2 nitrogen and oxygen atoms in total. The molecule has 0 saturated carbocycles. The van der Waals surface area contributed by atoms with Crippen LogP contribution in [0.5, 0.6) is 0 Å². The van der Waals surface area contributed by atoms with Gasteiger partial charge in [0.15, 0.2) is 5.79 Å². The van der Waals surface area contributed by atoms with Crippen molar-refractivity contribution in [3.05, 3.63) is 6.42 Å². The predicted octanol–water partition coefficient (Wildman–Crippen LogP) is 1.36. The summed E-state index contributed by atoms with van der Waals surface area (Å²) in [6.07, 6.45) is 2.20. The van der Waals surface area contributed by atoms with E-state index in [1.54, 1.807) is 0 Å². The van der Waals surface area contributed by atoms with E-state index in [2.05, 4.69) is 0 Å². The molecule has 0 aromatic heterocycles. The molecule has 0 N–H and O–H groups in total. The second-order valence-electron chi connectivity index (χ2n) is 2.70. The number of ether oxygens (including phenoxy) is 2. The Morgan fingerprint density at radius 3 is 2.44 bits per heavy atom. The minimum absolute atomic E-state index is 0.194. The van der Waals surface area contributed by atoms with Crippen LogP contribution in [0.25, 0.3) is 0 Å². The van der Waals surface area contributed by atoms with Crippen molar-refractivity contribution in [1.82, 2.24) is 0 Å². The lowest BCUT2D eigenvalue weighted by atomic mass is 10.3. The molecule has 0 aromatic rings. The van der Waals surface area contributed by atoms with E-state index in [0.29, 0.717) is 6.61 Å². The van der Waals surface area contributed by atoms with Crippen LogP contribution >= 0.6 is 0 Å². The van der Waals surface area contributed by atoms with E-state index in [-0.39, 0.29) is 11.9 Å². The zero-order valence-electron chi connectivity index (χ0n) is 6.18. The fraction of sp³-hybridized carbons (Fsp3) is 0.857. The van der Waals surface area contributed by atoms with Crippen molar-refractivity contribution < 1.29 is 9.47 Å². The van der Waals surface area contributed by atoms with Crippen molar-refractivity contribution >= 4 is 0 Å². The first-order valence-electron chi connectivity index (χ1n) is 3.25. The lowest BCUT2D eigenvalue weighted by Gasteiger charge is -2.15. The first-order chi connectivity index (χ1) is 4.14. The third kappa shape index (κ3) is 1.66. The van der Waals surface area contributed by atoms with E-state index in [1.807, 2.05) is 27.2 Å². The zero-order valence-corrected chi connectivity index (χ0v) is 6.18. The smallest absolute Gasteiger partial charge is 0.163 e. The van der Waals surface area contributed by atoms with Gasteiger partial charge in [-0.25, -0.2) is 0 Å². The molecular weight excluding hydrogens is 116 g/mol. The van der Waals surface area contributed by atoms with Crippen LogP contribution in [0.4, 0.5) is 0 Å². The average Bonchev–Trinajstić information content (AvgIpc) is 2.10. The third-order valence-corrected chi connectivity index (χ3v) is 1.40. The lowest BCUT2D eigenvalue weighted by Crippen LogP contribution is -2.21. The van der Waals surface area contributed by atoms with E-state index >= 15 is 0 Å². The Morgan fingerprint density at radius 1 is 1.56 bits per heavy atom. The molecule has 1 rings (SSSR count). The molecule has 1 aliphatic heterocycles. The lowest BCUT2D eigenvalue weighted by molar-refractivity contribution is -0.134. The Hall–Kier alpha value is -0.0800. The van der Waals surface area contributed by atoms with Gasteiger partial charge in [-0.1, -0.05) is 6.92 Å². The summed E-state index contributed by atoms with van der Waals surface area (Å²) < 4.78 is 10.7. The van der Waals surface area contributed by atoms with Crippen molar-refractivity contribution in [3.63, 3.8) is 0 Å². The molecule has 0 unspecified atom stereocenters. The van der Waals surface area contributed by atoms with Crippen LogP contribution in [0, 0.1) is 6.42 Å². The molecule has 0 bridgehead atoms. The van der Waals surface area contributed by atoms with E-state index in [4.69, 9.17) is 9.47 Å². The fourth-order valence-electron chi connectivity index (χ4n) is 0.880. The van der Waals surface area contributed by atoms with Gasteiger partial charge in [-0.3, -0.25) is 0 Å². The Kier molecular flexibility index (Phi) is 1.78. The summed E-state index contributed by atoms with van der Waals surface area (Å²) in [7, 11) is 0. The summed E-state index contributed by atoms with van der Waals surface area (Å²) in [6, 6.07) is 0. The van der Waals surface area contributed by atoms with Crippen LogP contribution in [0.15, 0.2) is 0 Å². The van der Waals surface area contributed by atoms with Crippen LogP contribution in [0.3, 0.4) is 0 Å². The Balaban J connectivity index is 2.38. The van der Waals surface area contributed by atoms with Gasteiger partial charge >= 0.3 is 0 Å². The van der Waals surface area contributed by atoms with Crippen molar-refractivity contribution in [2.24, 2.45) is 0 Å². The van der Waals surface area contributed by atoms with Crippen LogP contribution in [-0.2, 0) is 9.47 Å². The second kappa shape index (κ2) is 2.27. The highest BCUT2D eigenvalue weighted by Crippen LogP contribution is 2.22. The summed E-state index contributed by atoms with van der Waals surface area (Å²) >= 11 is 0. The normalized spacial score (nSPS) is 33.0. The van der Waals surface area contributed by atoms with Crippen molar-refractivity contribution in [1.29, 1.82) is 0 Å². The molecule has 2 heteroatoms. The first-order valence-corrected chi connectivity index (χ1v) is 3.25. The van der Waals surface area contributed by atoms with E-state index in [0.717, 1.165) is 0 Å². The van der Waals surface area contributed by atoms with Crippen molar-refractivity contribution in [2.75, 3.05) is 6.61 Å². The molecule has 0 amide bonds. The molecule has 1 aliphatic rings. The summed E-state index contributed by atoms with van der Waals surface area (Å²) in [5.74, 6) is -0.364. The number of rotatable bonds is 1. The zero-order chi connectivity index (χ0) is 6.91. The largest absolute Gasteiger partial charge is 0.348 e. The molecule has 1 radical (unpaired) electrons. The van der Waals surface area contributed by atoms with Crippen LogP contribution in [-0.4, -0.2) is 18.5 Å². The SMILES string of the molecule is C[CH][C@H]1COC(C)(C)O1. The summed E-state index contributed by atoms with van der Waals surface area (Å²) in [5.41, 5.74) is 0. The van der Waals surface area contributed by atoms with Gasteiger partial charge in [0.05, 0.1) is 12.7 Å². The standard InChI is InChI=1S/C7H13O2/c1-4-6-5-8-7(2,3)9-6/h4,6H,5H2,1-3H3/t6-/m0/s1. The predicted molar refractivity (Wildman–Crippen MR) is 34.9 cm³/mol. The van der Waals surface area contributed by atoms with Crippen LogP contribution < -0.4 is 0 Å². The van der Waals surface area contributed by atoms with Crippen LogP contribution in [0.2, 0.25) is 0 Å². The topological polar surface area (TPSA) is 18.5 Å².